The minimum atomic E-state index is 1.50. The fourth-order valence-corrected chi connectivity index (χ4v) is 0.253. The molecule has 1 aliphatic heterocycles. The molecular formula is C4H4N2+. The van der Waals surface area contributed by atoms with Crippen molar-refractivity contribution in [3.05, 3.63) is 12.3 Å². The average molecular weight is 80.1 g/mol. The van der Waals surface area contributed by atoms with Crippen molar-refractivity contribution in [2.45, 2.75) is 0 Å². The molecule has 29 valence electrons. The Kier molecular flexibility index (Phi) is 0.819. The summed E-state index contributed by atoms with van der Waals surface area (Å²) in [6.45, 7) is 0. The minimum absolute atomic E-state index is 1.50. The van der Waals surface area contributed by atoms with Gasteiger partial charge in [0, 0.05) is 6.08 Å². The van der Waals surface area contributed by atoms with Crippen LogP contribution in [-0.2, 0) is 0 Å². The zero-order valence-electron chi connectivity index (χ0n) is 3.20. The summed E-state index contributed by atoms with van der Waals surface area (Å²) < 4.78 is 0. The first-order valence-electron chi connectivity index (χ1n) is 1.70. The van der Waals surface area contributed by atoms with Crippen LogP contribution in [-0.4, -0.2) is 12.6 Å². The monoisotopic (exact) mass is 80.0 g/mol. The van der Waals surface area contributed by atoms with Crippen LogP contribution >= 0.6 is 0 Å². The van der Waals surface area contributed by atoms with E-state index in [1.165, 1.54) is 6.34 Å². The van der Waals surface area contributed by atoms with E-state index in [1.54, 1.807) is 18.5 Å². The van der Waals surface area contributed by atoms with Crippen LogP contribution in [0.1, 0.15) is 0 Å². The Balaban J connectivity index is 2.77. The van der Waals surface area contributed by atoms with Gasteiger partial charge < -0.3 is 0 Å². The first-order valence-corrected chi connectivity index (χ1v) is 1.70. The summed E-state index contributed by atoms with van der Waals surface area (Å²) in [7, 11) is 0. The molecule has 0 amide bonds. The second-order valence-electron chi connectivity index (χ2n) is 0.904. The van der Waals surface area contributed by atoms with Gasteiger partial charge in [-0.3, -0.25) is 0 Å². The molecule has 1 radical (unpaired) electrons. The van der Waals surface area contributed by atoms with Crippen LogP contribution in [0.25, 0.3) is 0 Å². The molecule has 1 aliphatic rings. The third-order valence-corrected chi connectivity index (χ3v) is 0.478. The number of hydrogen-bond acceptors (Lipinski definition) is 2. The molecule has 1 heterocycles. The van der Waals surface area contributed by atoms with Crippen LogP contribution in [0.2, 0.25) is 0 Å². The molecule has 0 atom stereocenters. The molecule has 2 nitrogen and oxygen atoms in total. The van der Waals surface area contributed by atoms with E-state index in [9.17, 15) is 0 Å². The van der Waals surface area contributed by atoms with Crippen molar-refractivity contribution in [3.8, 4) is 0 Å². The third-order valence-electron chi connectivity index (χ3n) is 0.478. The number of allylic oxidation sites excluding steroid dienone is 1. The van der Waals surface area contributed by atoms with Crippen LogP contribution in [0.5, 0.6) is 0 Å². The number of hydrogen-bond donors (Lipinski definition) is 0. The molecule has 0 aromatic heterocycles. The second kappa shape index (κ2) is 1.50. The molecule has 0 spiro atoms. The summed E-state index contributed by atoms with van der Waals surface area (Å²) in [4.78, 5) is 7.35. The van der Waals surface area contributed by atoms with Crippen molar-refractivity contribution < 1.29 is 0 Å². The first-order chi connectivity index (χ1) is 3.00. The number of nitrogens with zero attached hydrogens (tertiary/aromatic N) is 2. The Labute approximate surface area is 35.9 Å². The highest BCUT2D eigenvalue weighted by Gasteiger charge is 1.81. The minimum Gasteiger partial charge on any atom is -0.0533 e. The van der Waals surface area contributed by atoms with Crippen molar-refractivity contribution in [2.24, 2.45) is 4.99 Å². The van der Waals surface area contributed by atoms with Crippen molar-refractivity contribution in [1.29, 1.82) is 0 Å². The SMILES string of the molecule is C1=C[N+]=CN=C1. The summed E-state index contributed by atoms with van der Waals surface area (Å²) in [6.07, 6.45) is 6.65. The van der Waals surface area contributed by atoms with Crippen LogP contribution in [0.4, 0.5) is 0 Å². The highest BCUT2D eigenvalue weighted by molar-refractivity contribution is 5.81. The number of rotatable bonds is 0. The lowest BCUT2D eigenvalue weighted by Gasteiger charge is -1.62. The summed E-state index contributed by atoms with van der Waals surface area (Å²) in [6, 6.07) is 0. The van der Waals surface area contributed by atoms with E-state index in [0.29, 0.717) is 0 Å². The molecule has 0 saturated carbocycles. The van der Waals surface area contributed by atoms with E-state index >= 15 is 0 Å². The lowest BCUT2D eigenvalue weighted by molar-refractivity contribution is 1.37. The Morgan fingerprint density at radius 3 is 2.67 bits per heavy atom. The van der Waals surface area contributed by atoms with Crippen molar-refractivity contribution in [1.82, 2.24) is 4.99 Å². The van der Waals surface area contributed by atoms with E-state index in [-0.39, 0.29) is 0 Å². The fourth-order valence-electron chi connectivity index (χ4n) is 0.253. The predicted octanol–water partition coefficient (Wildman–Crippen LogP) is -0.0514. The third kappa shape index (κ3) is 0.516. The molecule has 0 aromatic rings. The summed E-state index contributed by atoms with van der Waals surface area (Å²) >= 11 is 0. The molecule has 0 unspecified atom stereocenters. The van der Waals surface area contributed by atoms with Gasteiger partial charge in [0.15, 0.2) is 0 Å². The topological polar surface area (TPSA) is 26.5 Å². The maximum atomic E-state index is 3.67. The molecule has 0 bridgehead atoms. The number of aliphatic imine (C=N–C) groups is 2. The van der Waals surface area contributed by atoms with E-state index in [2.05, 4.69) is 9.98 Å². The molecule has 0 N–H and O–H groups in total. The van der Waals surface area contributed by atoms with E-state index in [4.69, 9.17) is 0 Å². The molecule has 6 heavy (non-hydrogen) atoms. The molecular weight excluding hydrogens is 76.1 g/mol. The Morgan fingerprint density at radius 2 is 2.50 bits per heavy atom. The molecule has 0 aliphatic carbocycles. The van der Waals surface area contributed by atoms with Crippen LogP contribution < -0.4 is 4.99 Å². The van der Waals surface area contributed by atoms with Crippen molar-refractivity contribution >= 4 is 12.6 Å². The lowest BCUT2D eigenvalue weighted by atomic mass is 10.6. The Morgan fingerprint density at radius 1 is 1.50 bits per heavy atom. The van der Waals surface area contributed by atoms with Gasteiger partial charge in [0.1, 0.15) is 12.4 Å². The van der Waals surface area contributed by atoms with Crippen LogP contribution in [0.15, 0.2) is 17.3 Å². The second-order valence-corrected chi connectivity index (χ2v) is 0.904. The molecule has 0 aromatic carbocycles. The summed E-state index contributed by atoms with van der Waals surface area (Å²) in [5.41, 5.74) is 0. The van der Waals surface area contributed by atoms with Gasteiger partial charge in [-0.2, -0.15) is 0 Å². The Hall–Kier alpha value is -0.920. The summed E-state index contributed by atoms with van der Waals surface area (Å²) in [5, 5.41) is 0. The zero-order valence-corrected chi connectivity index (χ0v) is 3.20. The maximum absolute atomic E-state index is 3.67. The van der Waals surface area contributed by atoms with Gasteiger partial charge in [-0.15, -0.1) is 0 Å². The highest BCUT2D eigenvalue weighted by atomic mass is 14.8. The van der Waals surface area contributed by atoms with Crippen molar-refractivity contribution in [2.75, 3.05) is 0 Å². The quantitative estimate of drug-likeness (QED) is 0.390. The van der Waals surface area contributed by atoms with E-state index < -0.39 is 0 Å². The fraction of sp³-hybridized carbons (Fsp3) is 0. The molecule has 1 rings (SSSR count). The normalized spacial score (nSPS) is 16.0. The van der Waals surface area contributed by atoms with Crippen molar-refractivity contribution in [3.63, 3.8) is 0 Å². The van der Waals surface area contributed by atoms with Crippen LogP contribution in [0.3, 0.4) is 0 Å². The van der Waals surface area contributed by atoms with E-state index in [0.717, 1.165) is 0 Å². The van der Waals surface area contributed by atoms with Gasteiger partial charge in [0.05, 0.1) is 0 Å². The average Bonchev–Trinajstić information content (AvgIpc) is 1.72. The smallest absolute Gasteiger partial charge is 0.0533 e. The predicted molar refractivity (Wildman–Crippen MR) is 25.8 cm³/mol. The van der Waals surface area contributed by atoms with E-state index in [1.807, 2.05) is 0 Å². The maximum Gasteiger partial charge on any atom is 0.326 e. The largest absolute Gasteiger partial charge is 0.326 e. The van der Waals surface area contributed by atoms with Gasteiger partial charge in [-0.25, -0.2) is 0 Å². The lowest BCUT2D eigenvalue weighted by Crippen LogP contribution is -1.83. The molecule has 2 heteroatoms. The van der Waals surface area contributed by atoms with Crippen LogP contribution in [0, 0.1) is 0 Å². The standard InChI is InChI=1S/C4H4N2/c1-2-5-4-6-3-1/h1-4H/q+1. The molecule has 0 saturated heterocycles. The molecule has 0 fully saturated rings. The van der Waals surface area contributed by atoms with Gasteiger partial charge >= 0.3 is 6.34 Å². The van der Waals surface area contributed by atoms with Gasteiger partial charge in [-0.1, -0.05) is 9.98 Å². The van der Waals surface area contributed by atoms with Gasteiger partial charge in [-0.05, 0) is 0 Å². The van der Waals surface area contributed by atoms with Gasteiger partial charge in [0.2, 0.25) is 0 Å². The highest BCUT2D eigenvalue weighted by Crippen LogP contribution is 1.65. The van der Waals surface area contributed by atoms with Gasteiger partial charge in [0.25, 0.3) is 0 Å². The summed E-state index contributed by atoms with van der Waals surface area (Å²) in [5.74, 6) is 0. The first kappa shape index (κ1) is 3.28. The zero-order chi connectivity index (χ0) is 4.24. The Bertz CT molecular complexity index is 74.9.